The Labute approximate surface area is 137 Å². The number of thiol groups is 2. The molecule has 22 heavy (non-hydrogen) atoms. The van der Waals surface area contributed by atoms with Gasteiger partial charge in [0.15, 0.2) is 0 Å². The highest BCUT2D eigenvalue weighted by Gasteiger charge is 2.27. The van der Waals surface area contributed by atoms with Crippen molar-refractivity contribution in [2.24, 2.45) is 0 Å². The maximum Gasteiger partial charge on any atom is 0.382 e. The normalized spacial score (nSPS) is 11.0. The fourth-order valence-corrected chi connectivity index (χ4v) is 1.06. The summed E-state index contributed by atoms with van der Waals surface area (Å²) in [6.07, 6.45) is 1.28. The van der Waals surface area contributed by atoms with Crippen molar-refractivity contribution in [2.75, 3.05) is 31.3 Å². The molecule has 0 aliphatic rings. The first-order chi connectivity index (χ1) is 10.5. The lowest BCUT2D eigenvalue weighted by Gasteiger charge is -2.13. The van der Waals surface area contributed by atoms with Gasteiger partial charge in [0, 0.05) is 0 Å². The van der Waals surface area contributed by atoms with E-state index in [2.05, 4.69) is 31.8 Å². The predicted molar refractivity (Wildman–Crippen MR) is 81.1 cm³/mol. The Hall–Kier alpha value is -1.65. The number of esters is 3. The number of rotatable bonds is 10. The van der Waals surface area contributed by atoms with Crippen molar-refractivity contribution >= 4 is 43.2 Å². The molecule has 0 unspecified atom stereocenters. The van der Waals surface area contributed by atoms with Gasteiger partial charge in [-0.3, -0.25) is 9.59 Å². The zero-order valence-corrected chi connectivity index (χ0v) is 13.3. The van der Waals surface area contributed by atoms with Crippen LogP contribution in [0.5, 0.6) is 0 Å². The number of ether oxygens (including phenoxy) is 4. The molecule has 1 N–H and O–H groups in total. The molecule has 0 rings (SSSR count). The summed E-state index contributed by atoms with van der Waals surface area (Å²) < 4.78 is 19.0. The van der Waals surface area contributed by atoms with Gasteiger partial charge in [0.2, 0.25) is 0 Å². The molecular weight excluding hydrogens is 336 g/mol. The van der Waals surface area contributed by atoms with Gasteiger partial charge in [0.1, 0.15) is 13.2 Å². The molecule has 0 aliphatic heterocycles. The molecule has 0 aliphatic carbocycles. The van der Waals surface area contributed by atoms with Crippen LogP contribution in [0.15, 0.2) is 24.4 Å². The molecular formula is C12H16O8S2. The number of hydrogen-bond donors (Lipinski definition) is 3. The summed E-state index contributed by atoms with van der Waals surface area (Å²) in [6, 6.07) is 0. The lowest BCUT2D eigenvalue weighted by Crippen LogP contribution is -2.21. The van der Waals surface area contributed by atoms with Crippen molar-refractivity contribution in [3.8, 4) is 0 Å². The van der Waals surface area contributed by atoms with Gasteiger partial charge in [0.05, 0.1) is 18.1 Å². The summed E-state index contributed by atoms with van der Waals surface area (Å²) >= 11 is 7.38. The van der Waals surface area contributed by atoms with Crippen LogP contribution >= 0.6 is 25.3 Å². The van der Waals surface area contributed by atoms with Crippen molar-refractivity contribution in [1.82, 2.24) is 0 Å². The number of carbonyl (C=O) groups excluding carboxylic acids is 3. The van der Waals surface area contributed by atoms with Crippen molar-refractivity contribution < 1.29 is 38.4 Å². The SMILES string of the molecule is C=CCOC(=O)C(OC(=O)CS)=C(OCCO)OC(=O)CS. The Balaban J connectivity index is 5.48. The van der Waals surface area contributed by atoms with Crippen molar-refractivity contribution in [3.63, 3.8) is 0 Å². The van der Waals surface area contributed by atoms with Crippen LogP contribution in [-0.4, -0.2) is 54.3 Å². The van der Waals surface area contributed by atoms with Gasteiger partial charge in [-0.2, -0.15) is 25.3 Å². The third-order valence-corrected chi connectivity index (χ3v) is 2.22. The van der Waals surface area contributed by atoms with Crippen molar-refractivity contribution in [3.05, 3.63) is 24.4 Å². The Morgan fingerprint density at radius 1 is 1.05 bits per heavy atom. The third-order valence-electron chi connectivity index (χ3n) is 1.71. The summed E-state index contributed by atoms with van der Waals surface area (Å²) in [5, 5.41) is 8.74. The number of carbonyl (C=O) groups is 3. The minimum Gasteiger partial charge on any atom is -0.460 e. The molecule has 0 aromatic carbocycles. The molecule has 0 saturated carbocycles. The second-order valence-electron chi connectivity index (χ2n) is 3.34. The Kier molecular flexibility index (Phi) is 11.1. The van der Waals surface area contributed by atoms with E-state index in [4.69, 9.17) is 24.1 Å². The molecule has 0 heterocycles. The summed E-state index contributed by atoms with van der Waals surface area (Å²) in [7, 11) is 0. The third kappa shape index (κ3) is 7.96. The smallest absolute Gasteiger partial charge is 0.382 e. The maximum atomic E-state index is 11.8. The molecule has 10 heteroatoms. The van der Waals surface area contributed by atoms with Crippen LogP contribution in [0, 0.1) is 0 Å². The highest BCUT2D eigenvalue weighted by molar-refractivity contribution is 7.81. The van der Waals surface area contributed by atoms with Crippen LogP contribution < -0.4 is 0 Å². The van der Waals surface area contributed by atoms with E-state index in [0.29, 0.717) is 0 Å². The fraction of sp³-hybridized carbons (Fsp3) is 0.417. The summed E-state index contributed by atoms with van der Waals surface area (Å²) in [5.74, 6) is -5.03. The van der Waals surface area contributed by atoms with Crippen molar-refractivity contribution in [1.29, 1.82) is 0 Å². The van der Waals surface area contributed by atoms with Gasteiger partial charge in [-0.15, -0.1) is 0 Å². The molecule has 0 aromatic heterocycles. The van der Waals surface area contributed by atoms with Gasteiger partial charge in [-0.1, -0.05) is 12.7 Å². The maximum absolute atomic E-state index is 11.8. The standard InChI is InChI=1S/C12H16O8S2/c1-2-4-17-11(16)10(19-8(14)6-21)12(18-5-3-13)20-9(15)7-22/h2,13,21-22H,1,3-7H2. The van der Waals surface area contributed by atoms with E-state index < -0.39 is 36.2 Å². The van der Waals surface area contributed by atoms with E-state index in [1.165, 1.54) is 6.08 Å². The highest BCUT2D eigenvalue weighted by atomic mass is 32.1. The van der Waals surface area contributed by atoms with E-state index >= 15 is 0 Å². The van der Waals surface area contributed by atoms with Crippen LogP contribution in [0.25, 0.3) is 0 Å². The fourth-order valence-electron chi connectivity index (χ4n) is 0.928. The van der Waals surface area contributed by atoms with E-state index in [9.17, 15) is 14.4 Å². The summed E-state index contributed by atoms with van der Waals surface area (Å²) in [4.78, 5) is 34.4. The van der Waals surface area contributed by atoms with Crippen LogP contribution in [0.3, 0.4) is 0 Å². The Morgan fingerprint density at radius 2 is 1.64 bits per heavy atom. The molecule has 0 aromatic rings. The molecule has 0 atom stereocenters. The molecule has 0 spiro atoms. The van der Waals surface area contributed by atoms with Crippen LogP contribution in [-0.2, 0) is 33.3 Å². The van der Waals surface area contributed by atoms with Gasteiger partial charge < -0.3 is 24.1 Å². The average molecular weight is 352 g/mol. The van der Waals surface area contributed by atoms with E-state index in [-0.39, 0.29) is 24.7 Å². The topological polar surface area (TPSA) is 108 Å². The summed E-state index contributed by atoms with van der Waals surface area (Å²) in [6.45, 7) is 2.43. The molecule has 0 amide bonds. The Bertz CT molecular complexity index is 446. The van der Waals surface area contributed by atoms with Gasteiger partial charge in [-0.05, 0) is 0 Å². The minimum absolute atomic E-state index is 0.172. The van der Waals surface area contributed by atoms with Gasteiger partial charge in [-0.25, -0.2) is 4.79 Å². The van der Waals surface area contributed by atoms with Crippen LogP contribution in [0.1, 0.15) is 0 Å². The molecule has 0 fully saturated rings. The first-order valence-electron chi connectivity index (χ1n) is 5.89. The minimum atomic E-state index is -1.12. The molecule has 124 valence electrons. The van der Waals surface area contributed by atoms with Gasteiger partial charge >= 0.3 is 23.9 Å². The first-order valence-corrected chi connectivity index (χ1v) is 7.15. The molecule has 8 nitrogen and oxygen atoms in total. The lowest BCUT2D eigenvalue weighted by atomic mass is 10.5. The zero-order valence-electron chi connectivity index (χ0n) is 11.5. The second-order valence-corrected chi connectivity index (χ2v) is 3.97. The largest absolute Gasteiger partial charge is 0.460 e. The number of aliphatic hydroxyl groups excluding tert-OH is 1. The van der Waals surface area contributed by atoms with Crippen molar-refractivity contribution in [2.45, 2.75) is 0 Å². The van der Waals surface area contributed by atoms with E-state index in [0.717, 1.165) is 0 Å². The number of aliphatic hydroxyl groups is 1. The zero-order chi connectivity index (χ0) is 17.0. The number of hydrogen-bond acceptors (Lipinski definition) is 10. The summed E-state index contributed by atoms with van der Waals surface area (Å²) in [5.41, 5.74) is 0. The van der Waals surface area contributed by atoms with E-state index in [1.54, 1.807) is 0 Å². The average Bonchev–Trinajstić information content (AvgIpc) is 2.53. The van der Waals surface area contributed by atoms with E-state index in [1.807, 2.05) is 0 Å². The van der Waals surface area contributed by atoms with Crippen LogP contribution in [0.4, 0.5) is 0 Å². The van der Waals surface area contributed by atoms with Crippen LogP contribution in [0.2, 0.25) is 0 Å². The molecule has 0 saturated heterocycles. The molecule has 0 bridgehead atoms. The van der Waals surface area contributed by atoms with Gasteiger partial charge in [0.25, 0.3) is 5.76 Å². The Morgan fingerprint density at radius 3 is 2.14 bits per heavy atom. The molecule has 0 radical (unpaired) electrons. The lowest BCUT2D eigenvalue weighted by molar-refractivity contribution is -0.154. The predicted octanol–water partition coefficient (Wildman–Crippen LogP) is -0.160. The second kappa shape index (κ2) is 12.0. The quantitative estimate of drug-likeness (QED) is 0.124. The highest BCUT2D eigenvalue weighted by Crippen LogP contribution is 2.14. The first kappa shape index (κ1) is 20.3. The monoisotopic (exact) mass is 352 g/mol.